The number of furan rings is 1. The van der Waals surface area contributed by atoms with Crippen molar-refractivity contribution in [1.29, 1.82) is 0 Å². The molecule has 0 aliphatic heterocycles. The van der Waals surface area contributed by atoms with Crippen molar-refractivity contribution >= 4 is 51.8 Å². The average molecular weight is 377 g/mol. The molecular formula is C15H10Cl2N6O2. The van der Waals surface area contributed by atoms with Gasteiger partial charge in [-0.05, 0) is 40.6 Å². The number of nitrogens with zero attached hydrogens (tertiary/aromatic N) is 4. The molecule has 0 fully saturated rings. The van der Waals surface area contributed by atoms with Crippen LogP contribution in [0.2, 0.25) is 10.0 Å². The molecule has 8 nitrogen and oxygen atoms in total. The summed E-state index contributed by atoms with van der Waals surface area (Å²) in [6.07, 6.45) is 1.60. The van der Waals surface area contributed by atoms with Crippen molar-refractivity contribution in [2.24, 2.45) is 0 Å². The maximum Gasteiger partial charge on any atom is 0.245 e. The first-order chi connectivity index (χ1) is 12.2. The molecule has 0 unspecified atom stereocenters. The van der Waals surface area contributed by atoms with Gasteiger partial charge in [0.05, 0.1) is 22.9 Å². The summed E-state index contributed by atoms with van der Waals surface area (Å²) in [5.41, 5.74) is 1.27. The normalized spacial score (nSPS) is 11.0. The Morgan fingerprint density at radius 1 is 0.960 bits per heavy atom. The summed E-state index contributed by atoms with van der Waals surface area (Å²) in [7, 11) is 0. The Labute approximate surface area is 151 Å². The molecule has 4 rings (SSSR count). The molecular weight excluding hydrogens is 367 g/mol. The minimum atomic E-state index is 0.283. The zero-order chi connectivity index (χ0) is 17.2. The Morgan fingerprint density at radius 2 is 1.76 bits per heavy atom. The molecule has 0 saturated carbocycles. The molecule has 4 aromatic rings. The van der Waals surface area contributed by atoms with Crippen LogP contribution in [0.4, 0.5) is 17.3 Å². The van der Waals surface area contributed by atoms with E-state index in [4.69, 9.17) is 27.6 Å². The molecule has 126 valence electrons. The van der Waals surface area contributed by atoms with E-state index in [0.717, 1.165) is 5.76 Å². The van der Waals surface area contributed by atoms with Crippen LogP contribution >= 0.6 is 23.2 Å². The number of nitrogens with one attached hydrogen (secondary N) is 2. The molecule has 0 spiro atoms. The standard InChI is InChI=1S/C15H10Cl2N6O2/c16-10-4-3-8(6-11(10)17)19-13-12(18-7-9-2-1-5-24-9)20-14-15(21-13)23-25-22-14/h1-6H,7H2,(H,18,20,22)(H,19,21,23). The van der Waals surface area contributed by atoms with Crippen LogP contribution in [0.1, 0.15) is 5.76 Å². The van der Waals surface area contributed by atoms with Gasteiger partial charge in [0.2, 0.25) is 11.3 Å². The summed E-state index contributed by atoms with van der Waals surface area (Å²) in [5.74, 6) is 1.65. The number of halogens is 2. The molecule has 2 N–H and O–H groups in total. The van der Waals surface area contributed by atoms with Crippen LogP contribution in [0.5, 0.6) is 0 Å². The van der Waals surface area contributed by atoms with Gasteiger partial charge in [0.15, 0.2) is 11.6 Å². The van der Waals surface area contributed by atoms with E-state index in [0.29, 0.717) is 39.6 Å². The van der Waals surface area contributed by atoms with E-state index >= 15 is 0 Å². The zero-order valence-corrected chi connectivity index (χ0v) is 14.0. The molecule has 0 bridgehead atoms. The Balaban J connectivity index is 1.67. The molecule has 10 heteroatoms. The average Bonchev–Trinajstić information content (AvgIpc) is 3.27. The van der Waals surface area contributed by atoms with Crippen molar-refractivity contribution in [3.63, 3.8) is 0 Å². The van der Waals surface area contributed by atoms with Crippen molar-refractivity contribution in [1.82, 2.24) is 20.3 Å². The predicted octanol–water partition coefficient (Wildman–Crippen LogP) is 4.27. The second-order valence-corrected chi connectivity index (χ2v) is 5.83. The van der Waals surface area contributed by atoms with E-state index in [1.54, 1.807) is 24.5 Å². The summed E-state index contributed by atoms with van der Waals surface area (Å²) >= 11 is 12.0. The first-order valence-electron chi connectivity index (χ1n) is 7.18. The summed E-state index contributed by atoms with van der Waals surface area (Å²) in [6, 6.07) is 8.81. The highest BCUT2D eigenvalue weighted by Gasteiger charge is 2.14. The van der Waals surface area contributed by atoms with Gasteiger partial charge in [-0.2, -0.15) is 0 Å². The molecule has 3 heterocycles. The topological polar surface area (TPSA) is 102 Å². The number of hydrogen-bond donors (Lipinski definition) is 2. The van der Waals surface area contributed by atoms with E-state index in [2.05, 4.69) is 35.5 Å². The van der Waals surface area contributed by atoms with Gasteiger partial charge in [-0.1, -0.05) is 23.2 Å². The largest absolute Gasteiger partial charge is 0.467 e. The van der Waals surface area contributed by atoms with E-state index in [1.807, 2.05) is 12.1 Å². The molecule has 0 atom stereocenters. The molecule has 0 radical (unpaired) electrons. The van der Waals surface area contributed by atoms with Gasteiger partial charge in [-0.3, -0.25) is 0 Å². The van der Waals surface area contributed by atoms with Crippen molar-refractivity contribution < 1.29 is 9.05 Å². The number of fused-ring (bicyclic) bond motifs is 1. The summed E-state index contributed by atoms with van der Waals surface area (Å²) in [6.45, 7) is 0.425. The smallest absolute Gasteiger partial charge is 0.245 e. The summed E-state index contributed by atoms with van der Waals surface area (Å²) < 4.78 is 9.98. The van der Waals surface area contributed by atoms with Gasteiger partial charge in [-0.15, -0.1) is 0 Å². The number of benzene rings is 1. The second-order valence-electron chi connectivity index (χ2n) is 5.02. The highest BCUT2D eigenvalue weighted by Crippen LogP contribution is 2.29. The van der Waals surface area contributed by atoms with Crippen LogP contribution in [0, 0.1) is 0 Å². The lowest BCUT2D eigenvalue weighted by molar-refractivity contribution is 0.314. The lowest BCUT2D eigenvalue weighted by atomic mass is 10.3. The minimum absolute atomic E-state index is 0.283. The van der Waals surface area contributed by atoms with Crippen LogP contribution in [0.3, 0.4) is 0 Å². The number of anilines is 3. The van der Waals surface area contributed by atoms with Crippen molar-refractivity contribution in [2.45, 2.75) is 6.54 Å². The SMILES string of the molecule is Clc1ccc(Nc2nc3nonc3nc2NCc2ccco2)cc1Cl. The minimum Gasteiger partial charge on any atom is -0.467 e. The fourth-order valence-electron chi connectivity index (χ4n) is 2.14. The first-order valence-corrected chi connectivity index (χ1v) is 7.93. The zero-order valence-electron chi connectivity index (χ0n) is 12.5. The van der Waals surface area contributed by atoms with Crippen LogP contribution in [0.25, 0.3) is 11.3 Å². The fourth-order valence-corrected chi connectivity index (χ4v) is 2.44. The monoisotopic (exact) mass is 376 g/mol. The highest BCUT2D eigenvalue weighted by molar-refractivity contribution is 6.42. The van der Waals surface area contributed by atoms with E-state index in [-0.39, 0.29) is 5.65 Å². The molecule has 1 aromatic carbocycles. The van der Waals surface area contributed by atoms with Crippen molar-refractivity contribution in [2.75, 3.05) is 10.6 Å². The van der Waals surface area contributed by atoms with Gasteiger partial charge in [0, 0.05) is 5.69 Å². The number of rotatable bonds is 5. The second kappa shape index (κ2) is 6.58. The van der Waals surface area contributed by atoms with Gasteiger partial charge in [-0.25, -0.2) is 14.6 Å². The van der Waals surface area contributed by atoms with Gasteiger partial charge in [0.1, 0.15) is 5.76 Å². The third-order valence-corrected chi connectivity index (χ3v) is 4.05. The lowest BCUT2D eigenvalue weighted by Crippen LogP contribution is -2.06. The molecule has 0 aliphatic rings. The number of hydrogen-bond acceptors (Lipinski definition) is 8. The Kier molecular flexibility index (Phi) is 4.12. The maximum absolute atomic E-state index is 6.05. The molecule has 0 saturated heterocycles. The Bertz CT molecular complexity index is 1020. The molecule has 0 aliphatic carbocycles. The van der Waals surface area contributed by atoms with Gasteiger partial charge < -0.3 is 15.1 Å². The quantitative estimate of drug-likeness (QED) is 0.532. The lowest BCUT2D eigenvalue weighted by Gasteiger charge is -2.11. The van der Waals surface area contributed by atoms with Crippen LogP contribution in [-0.4, -0.2) is 20.3 Å². The molecule has 25 heavy (non-hydrogen) atoms. The van der Waals surface area contributed by atoms with Crippen molar-refractivity contribution in [3.05, 3.63) is 52.4 Å². The Morgan fingerprint density at radius 3 is 2.48 bits per heavy atom. The highest BCUT2D eigenvalue weighted by atomic mass is 35.5. The molecule has 3 aromatic heterocycles. The van der Waals surface area contributed by atoms with E-state index < -0.39 is 0 Å². The van der Waals surface area contributed by atoms with Crippen LogP contribution in [0.15, 0.2) is 45.6 Å². The summed E-state index contributed by atoms with van der Waals surface area (Å²) in [4.78, 5) is 8.74. The maximum atomic E-state index is 6.05. The third-order valence-electron chi connectivity index (χ3n) is 3.31. The van der Waals surface area contributed by atoms with Gasteiger partial charge >= 0.3 is 0 Å². The van der Waals surface area contributed by atoms with Crippen LogP contribution < -0.4 is 10.6 Å². The Hall–Kier alpha value is -2.84. The molecule has 0 amide bonds. The van der Waals surface area contributed by atoms with E-state index in [1.165, 1.54) is 0 Å². The van der Waals surface area contributed by atoms with Gasteiger partial charge in [0.25, 0.3) is 0 Å². The summed E-state index contributed by atoms with van der Waals surface area (Å²) in [5, 5.41) is 14.6. The third kappa shape index (κ3) is 3.35. The fraction of sp³-hybridized carbons (Fsp3) is 0.0667. The van der Waals surface area contributed by atoms with Crippen molar-refractivity contribution in [3.8, 4) is 0 Å². The van der Waals surface area contributed by atoms with Crippen LogP contribution in [-0.2, 0) is 6.54 Å². The predicted molar refractivity (Wildman–Crippen MR) is 93.2 cm³/mol. The van der Waals surface area contributed by atoms with E-state index in [9.17, 15) is 0 Å². The number of aromatic nitrogens is 4. The first kappa shape index (κ1) is 15.7.